The summed E-state index contributed by atoms with van der Waals surface area (Å²) >= 11 is 5.79. The predicted molar refractivity (Wildman–Crippen MR) is 83.9 cm³/mol. The Balaban J connectivity index is 2.11. The Hall–Kier alpha value is -1.63. The molecular formula is C14H16ClN3O2S. The molecule has 0 fully saturated rings. The number of rotatable bonds is 6. The van der Waals surface area contributed by atoms with E-state index in [0.29, 0.717) is 17.4 Å². The van der Waals surface area contributed by atoms with Crippen molar-refractivity contribution in [2.24, 2.45) is 0 Å². The van der Waals surface area contributed by atoms with Gasteiger partial charge in [0.05, 0.1) is 4.90 Å². The van der Waals surface area contributed by atoms with Gasteiger partial charge in [-0.1, -0.05) is 23.7 Å². The van der Waals surface area contributed by atoms with Crippen LogP contribution in [0.1, 0.15) is 12.5 Å². The molecule has 1 aromatic carbocycles. The van der Waals surface area contributed by atoms with Gasteiger partial charge < -0.3 is 5.32 Å². The van der Waals surface area contributed by atoms with Crippen molar-refractivity contribution in [3.8, 4) is 0 Å². The first-order valence-corrected chi connectivity index (χ1v) is 8.31. The van der Waals surface area contributed by atoms with E-state index in [2.05, 4.69) is 15.0 Å². The molecular weight excluding hydrogens is 310 g/mol. The van der Waals surface area contributed by atoms with Gasteiger partial charge in [0.25, 0.3) is 0 Å². The van der Waals surface area contributed by atoms with Crippen LogP contribution >= 0.6 is 11.6 Å². The lowest BCUT2D eigenvalue weighted by Gasteiger charge is -2.08. The maximum atomic E-state index is 12.2. The third-order valence-corrected chi connectivity index (χ3v) is 4.43. The summed E-state index contributed by atoms with van der Waals surface area (Å²) in [6.07, 6.45) is 1.47. The fourth-order valence-electron chi connectivity index (χ4n) is 1.72. The summed E-state index contributed by atoms with van der Waals surface area (Å²) in [6, 6.07) is 9.98. The van der Waals surface area contributed by atoms with E-state index in [4.69, 9.17) is 11.6 Å². The lowest BCUT2D eigenvalue weighted by molar-refractivity contribution is 0.581. The van der Waals surface area contributed by atoms with Gasteiger partial charge in [-0.3, -0.25) is 0 Å². The normalized spacial score (nSPS) is 11.3. The minimum absolute atomic E-state index is 0.183. The van der Waals surface area contributed by atoms with Crippen LogP contribution in [0, 0.1) is 0 Å². The van der Waals surface area contributed by atoms with E-state index in [1.54, 1.807) is 24.3 Å². The minimum atomic E-state index is -3.57. The van der Waals surface area contributed by atoms with Crippen molar-refractivity contribution < 1.29 is 8.42 Å². The Labute approximate surface area is 129 Å². The van der Waals surface area contributed by atoms with E-state index < -0.39 is 10.0 Å². The molecule has 7 heteroatoms. The van der Waals surface area contributed by atoms with Crippen molar-refractivity contribution in [1.82, 2.24) is 9.71 Å². The highest BCUT2D eigenvalue weighted by Crippen LogP contribution is 2.14. The molecule has 0 bridgehead atoms. The smallest absolute Gasteiger partial charge is 0.241 e. The number of sulfonamides is 1. The Morgan fingerprint density at radius 3 is 2.57 bits per heavy atom. The molecule has 0 radical (unpaired) electrons. The van der Waals surface area contributed by atoms with Gasteiger partial charge in [0.15, 0.2) is 0 Å². The Bertz CT molecular complexity index is 702. The zero-order valence-electron chi connectivity index (χ0n) is 11.5. The lowest BCUT2D eigenvalue weighted by Crippen LogP contribution is -2.23. The van der Waals surface area contributed by atoms with Crippen molar-refractivity contribution in [2.75, 3.05) is 11.9 Å². The average Bonchev–Trinajstić information content (AvgIpc) is 2.47. The summed E-state index contributed by atoms with van der Waals surface area (Å²) in [6.45, 7) is 2.80. The predicted octanol–water partition coefficient (Wildman–Crippen LogP) is 2.65. The topological polar surface area (TPSA) is 71.1 Å². The van der Waals surface area contributed by atoms with Crippen LogP contribution in [0.3, 0.4) is 0 Å². The molecule has 21 heavy (non-hydrogen) atoms. The molecule has 0 aliphatic rings. The number of aromatic nitrogens is 1. The molecule has 2 rings (SSSR count). The van der Waals surface area contributed by atoms with Gasteiger partial charge in [0.2, 0.25) is 10.0 Å². The Kier molecular flexibility index (Phi) is 5.17. The molecule has 2 N–H and O–H groups in total. The van der Waals surface area contributed by atoms with Crippen molar-refractivity contribution in [3.05, 3.63) is 53.2 Å². The zero-order valence-corrected chi connectivity index (χ0v) is 13.1. The molecule has 0 unspecified atom stereocenters. The van der Waals surface area contributed by atoms with E-state index in [1.807, 2.05) is 6.92 Å². The van der Waals surface area contributed by atoms with Gasteiger partial charge in [-0.05, 0) is 30.7 Å². The summed E-state index contributed by atoms with van der Waals surface area (Å²) < 4.78 is 27.0. The summed E-state index contributed by atoms with van der Waals surface area (Å²) in [4.78, 5) is 4.24. The maximum absolute atomic E-state index is 12.2. The van der Waals surface area contributed by atoms with Gasteiger partial charge in [-0.2, -0.15) is 0 Å². The molecule has 112 valence electrons. The van der Waals surface area contributed by atoms with Crippen LogP contribution in [-0.4, -0.2) is 19.9 Å². The highest BCUT2D eigenvalue weighted by atomic mass is 35.5. The standard InChI is InChI=1S/C14H16ClN3O2S/c1-2-16-14-9-13(7-8-17-14)21(19,20)18-10-11-3-5-12(15)6-4-11/h3-9,18H,2,10H2,1H3,(H,16,17). The fraction of sp³-hybridized carbons (Fsp3) is 0.214. The van der Waals surface area contributed by atoms with Crippen LogP contribution in [0.15, 0.2) is 47.5 Å². The molecule has 0 aliphatic carbocycles. The number of hydrogen-bond donors (Lipinski definition) is 2. The number of pyridine rings is 1. The van der Waals surface area contributed by atoms with Gasteiger partial charge in [0.1, 0.15) is 5.82 Å². The van der Waals surface area contributed by atoms with Crippen LogP contribution in [0.25, 0.3) is 0 Å². The van der Waals surface area contributed by atoms with Crippen molar-refractivity contribution in [2.45, 2.75) is 18.4 Å². The summed E-state index contributed by atoms with van der Waals surface area (Å²) in [7, 11) is -3.57. The third kappa shape index (κ3) is 4.42. The zero-order chi connectivity index (χ0) is 15.3. The van der Waals surface area contributed by atoms with Gasteiger partial charge >= 0.3 is 0 Å². The van der Waals surface area contributed by atoms with Crippen LogP contribution in [0.4, 0.5) is 5.82 Å². The highest BCUT2D eigenvalue weighted by molar-refractivity contribution is 7.89. The molecule has 0 saturated heterocycles. The minimum Gasteiger partial charge on any atom is -0.370 e. The van der Waals surface area contributed by atoms with Crippen LogP contribution in [0.2, 0.25) is 5.02 Å². The first kappa shape index (κ1) is 15.8. The molecule has 0 saturated carbocycles. The first-order valence-electron chi connectivity index (χ1n) is 6.45. The van der Waals surface area contributed by atoms with E-state index in [9.17, 15) is 8.42 Å². The van der Waals surface area contributed by atoms with E-state index in [-0.39, 0.29) is 11.4 Å². The summed E-state index contributed by atoms with van der Waals surface area (Å²) in [5, 5.41) is 3.60. The molecule has 0 aliphatic heterocycles. The second-order valence-corrected chi connectivity index (χ2v) is 6.56. The van der Waals surface area contributed by atoms with Gasteiger partial charge in [-0.25, -0.2) is 18.1 Å². The summed E-state index contributed by atoms with van der Waals surface area (Å²) in [5.74, 6) is 0.534. The largest absolute Gasteiger partial charge is 0.370 e. The molecule has 5 nitrogen and oxygen atoms in total. The lowest BCUT2D eigenvalue weighted by atomic mass is 10.2. The molecule has 1 heterocycles. The van der Waals surface area contributed by atoms with Crippen LogP contribution in [0.5, 0.6) is 0 Å². The molecule has 1 aromatic heterocycles. The van der Waals surface area contributed by atoms with Gasteiger partial charge in [-0.15, -0.1) is 0 Å². The van der Waals surface area contributed by atoms with Crippen molar-refractivity contribution in [1.29, 1.82) is 0 Å². The van der Waals surface area contributed by atoms with Gasteiger partial charge in [0, 0.05) is 30.4 Å². The SMILES string of the molecule is CCNc1cc(S(=O)(=O)NCc2ccc(Cl)cc2)ccn1. The second-order valence-electron chi connectivity index (χ2n) is 4.36. The maximum Gasteiger partial charge on any atom is 0.241 e. The third-order valence-electron chi connectivity index (χ3n) is 2.78. The Morgan fingerprint density at radius 2 is 1.90 bits per heavy atom. The molecule has 0 atom stereocenters. The van der Waals surface area contributed by atoms with E-state index in [0.717, 1.165) is 5.56 Å². The Morgan fingerprint density at radius 1 is 1.19 bits per heavy atom. The highest BCUT2D eigenvalue weighted by Gasteiger charge is 2.14. The van der Waals surface area contributed by atoms with E-state index >= 15 is 0 Å². The number of hydrogen-bond acceptors (Lipinski definition) is 4. The average molecular weight is 326 g/mol. The summed E-state index contributed by atoms with van der Waals surface area (Å²) in [5.41, 5.74) is 0.837. The quantitative estimate of drug-likeness (QED) is 0.856. The number of anilines is 1. The number of halogens is 1. The van der Waals surface area contributed by atoms with Crippen molar-refractivity contribution in [3.63, 3.8) is 0 Å². The molecule has 0 amide bonds. The van der Waals surface area contributed by atoms with E-state index in [1.165, 1.54) is 18.3 Å². The fourth-order valence-corrected chi connectivity index (χ4v) is 2.88. The number of nitrogens with zero attached hydrogens (tertiary/aromatic N) is 1. The number of benzene rings is 1. The van der Waals surface area contributed by atoms with Crippen molar-refractivity contribution >= 4 is 27.4 Å². The first-order chi connectivity index (χ1) is 10.0. The van der Waals surface area contributed by atoms with Crippen LogP contribution < -0.4 is 10.0 Å². The molecule has 2 aromatic rings. The monoisotopic (exact) mass is 325 g/mol. The second kappa shape index (κ2) is 6.89. The molecule has 0 spiro atoms. The number of nitrogens with one attached hydrogen (secondary N) is 2. The van der Waals surface area contributed by atoms with Crippen LogP contribution in [-0.2, 0) is 16.6 Å².